The molecule has 0 aromatic carbocycles. The first-order valence-corrected chi connectivity index (χ1v) is 7.05. The molecule has 0 saturated carbocycles. The Bertz CT molecular complexity index is 441. The van der Waals surface area contributed by atoms with Gasteiger partial charge in [0.05, 0.1) is 10.6 Å². The summed E-state index contributed by atoms with van der Waals surface area (Å²) in [6.07, 6.45) is 3.95. The molecule has 2 heterocycles. The van der Waals surface area contributed by atoms with Gasteiger partial charge in [-0.05, 0) is 38.4 Å². The zero-order valence-electron chi connectivity index (χ0n) is 11.9. The number of rotatable bonds is 4. The molecular weight excluding hydrogens is 262 g/mol. The van der Waals surface area contributed by atoms with Crippen molar-refractivity contribution in [3.8, 4) is 0 Å². The summed E-state index contributed by atoms with van der Waals surface area (Å²) in [4.78, 5) is 6.74. The van der Waals surface area contributed by atoms with Crippen molar-refractivity contribution in [3.63, 3.8) is 0 Å². The largest absolute Gasteiger partial charge is 0.377 e. The van der Waals surface area contributed by atoms with E-state index in [0.29, 0.717) is 5.02 Å². The molecule has 1 fully saturated rings. The molecule has 19 heavy (non-hydrogen) atoms. The summed E-state index contributed by atoms with van der Waals surface area (Å²) in [5.41, 5.74) is 1.00. The number of halogens is 1. The van der Waals surface area contributed by atoms with Crippen molar-refractivity contribution in [2.75, 3.05) is 32.1 Å². The monoisotopic (exact) mass is 283 g/mol. The molecule has 106 valence electrons. The Hall–Kier alpha value is -0.840. The number of methoxy groups -OCH3 is 1. The van der Waals surface area contributed by atoms with Crippen LogP contribution >= 0.6 is 11.6 Å². The third-order valence-corrected chi connectivity index (χ3v) is 4.10. The van der Waals surface area contributed by atoms with E-state index >= 15 is 0 Å². The van der Waals surface area contributed by atoms with Crippen LogP contribution in [0, 0.1) is 0 Å². The van der Waals surface area contributed by atoms with Gasteiger partial charge in [-0.15, -0.1) is 0 Å². The molecule has 1 aliphatic rings. The minimum atomic E-state index is -0.0806. The maximum atomic E-state index is 6.15. The van der Waals surface area contributed by atoms with Gasteiger partial charge in [0.15, 0.2) is 0 Å². The van der Waals surface area contributed by atoms with E-state index in [0.717, 1.165) is 43.9 Å². The molecule has 0 radical (unpaired) electrons. The summed E-state index contributed by atoms with van der Waals surface area (Å²) >= 11 is 6.15. The van der Waals surface area contributed by atoms with E-state index in [1.54, 1.807) is 13.3 Å². The van der Waals surface area contributed by atoms with Gasteiger partial charge in [-0.2, -0.15) is 0 Å². The molecule has 2 rings (SSSR count). The number of nitrogens with zero attached hydrogens (tertiary/aromatic N) is 2. The molecule has 1 aromatic heterocycles. The molecule has 4 nitrogen and oxygen atoms in total. The van der Waals surface area contributed by atoms with E-state index in [2.05, 4.69) is 28.2 Å². The van der Waals surface area contributed by atoms with Crippen LogP contribution in [-0.2, 0) is 11.3 Å². The fourth-order valence-corrected chi connectivity index (χ4v) is 2.70. The Morgan fingerprint density at radius 2 is 2.37 bits per heavy atom. The van der Waals surface area contributed by atoms with E-state index in [9.17, 15) is 0 Å². The quantitative estimate of drug-likeness (QED) is 0.921. The van der Waals surface area contributed by atoms with Crippen molar-refractivity contribution < 1.29 is 4.74 Å². The number of hydrogen-bond donors (Lipinski definition) is 1. The summed E-state index contributed by atoms with van der Waals surface area (Å²) in [5.74, 6) is 0.984. The SMILES string of the molecule is CNCc1cc(N2CCCC(C)(OC)C2)ncc1Cl. The van der Waals surface area contributed by atoms with Crippen LogP contribution in [0.3, 0.4) is 0 Å². The molecule has 1 aliphatic heterocycles. The Kier molecular flexibility index (Phi) is 4.66. The van der Waals surface area contributed by atoms with Gasteiger partial charge >= 0.3 is 0 Å². The average molecular weight is 284 g/mol. The smallest absolute Gasteiger partial charge is 0.129 e. The maximum absolute atomic E-state index is 6.15. The van der Waals surface area contributed by atoms with Crippen LogP contribution < -0.4 is 10.2 Å². The summed E-state index contributed by atoms with van der Waals surface area (Å²) in [6, 6.07) is 2.07. The van der Waals surface area contributed by atoms with Crippen LogP contribution in [0.5, 0.6) is 0 Å². The standard InChI is InChI=1S/C14H22ClN3O/c1-14(19-3)5-4-6-18(10-14)13-7-11(8-16-2)12(15)9-17-13/h7,9,16H,4-6,8,10H2,1-3H3. The van der Waals surface area contributed by atoms with Crippen LogP contribution in [0.15, 0.2) is 12.3 Å². The highest BCUT2D eigenvalue weighted by molar-refractivity contribution is 6.31. The van der Waals surface area contributed by atoms with Gasteiger partial charge in [0.25, 0.3) is 0 Å². The second-order valence-corrected chi connectivity index (χ2v) is 5.75. The Labute approximate surface area is 120 Å². The van der Waals surface area contributed by atoms with Crippen molar-refractivity contribution in [3.05, 3.63) is 22.8 Å². The van der Waals surface area contributed by atoms with Gasteiger partial charge < -0.3 is 15.0 Å². The summed E-state index contributed by atoms with van der Waals surface area (Å²) in [5, 5.41) is 3.84. The normalized spacial score (nSPS) is 23.7. The van der Waals surface area contributed by atoms with Crippen LogP contribution in [0.25, 0.3) is 0 Å². The first-order valence-electron chi connectivity index (χ1n) is 6.67. The van der Waals surface area contributed by atoms with Gasteiger partial charge in [-0.3, -0.25) is 0 Å². The number of aromatic nitrogens is 1. The number of piperidine rings is 1. The highest BCUT2D eigenvalue weighted by Crippen LogP contribution is 2.28. The predicted molar refractivity (Wildman–Crippen MR) is 78.9 cm³/mol. The minimum Gasteiger partial charge on any atom is -0.377 e. The first-order chi connectivity index (χ1) is 9.08. The minimum absolute atomic E-state index is 0.0806. The van der Waals surface area contributed by atoms with E-state index in [1.807, 2.05) is 7.05 Å². The molecule has 1 N–H and O–H groups in total. The molecule has 1 saturated heterocycles. The zero-order chi connectivity index (χ0) is 13.9. The van der Waals surface area contributed by atoms with Gasteiger partial charge in [0.1, 0.15) is 5.82 Å². The first kappa shape index (κ1) is 14.6. The van der Waals surface area contributed by atoms with Crippen molar-refractivity contribution in [2.24, 2.45) is 0 Å². The lowest BCUT2D eigenvalue weighted by Gasteiger charge is -2.40. The number of anilines is 1. The lowest BCUT2D eigenvalue weighted by Crippen LogP contribution is -2.47. The van der Waals surface area contributed by atoms with E-state index in [1.165, 1.54) is 0 Å². The van der Waals surface area contributed by atoms with Crippen molar-refractivity contribution in [2.45, 2.75) is 31.9 Å². The summed E-state index contributed by atoms with van der Waals surface area (Å²) in [6.45, 7) is 4.80. The summed E-state index contributed by atoms with van der Waals surface area (Å²) < 4.78 is 5.62. The number of nitrogens with one attached hydrogen (secondary N) is 1. The lowest BCUT2D eigenvalue weighted by atomic mass is 9.95. The average Bonchev–Trinajstić information content (AvgIpc) is 2.41. The highest BCUT2D eigenvalue weighted by Gasteiger charge is 2.31. The van der Waals surface area contributed by atoms with Crippen LogP contribution in [0.2, 0.25) is 5.02 Å². The fourth-order valence-electron chi connectivity index (χ4n) is 2.53. The Balaban J connectivity index is 2.19. The number of ether oxygens (including phenoxy) is 1. The van der Waals surface area contributed by atoms with Gasteiger partial charge in [0.2, 0.25) is 0 Å². The van der Waals surface area contributed by atoms with E-state index in [4.69, 9.17) is 16.3 Å². The molecule has 1 atom stereocenters. The second kappa shape index (κ2) is 6.07. The topological polar surface area (TPSA) is 37.4 Å². The predicted octanol–water partition coefficient (Wildman–Crippen LogP) is 2.46. The highest BCUT2D eigenvalue weighted by atomic mass is 35.5. The van der Waals surface area contributed by atoms with Gasteiger partial charge in [0, 0.05) is 32.9 Å². The van der Waals surface area contributed by atoms with Gasteiger partial charge in [-0.1, -0.05) is 11.6 Å². The Morgan fingerprint density at radius 1 is 1.58 bits per heavy atom. The van der Waals surface area contributed by atoms with Crippen LogP contribution in [0.1, 0.15) is 25.3 Å². The van der Waals surface area contributed by atoms with Crippen molar-refractivity contribution in [1.82, 2.24) is 10.3 Å². The molecule has 1 aromatic rings. The number of hydrogen-bond acceptors (Lipinski definition) is 4. The fraction of sp³-hybridized carbons (Fsp3) is 0.643. The van der Waals surface area contributed by atoms with Gasteiger partial charge in [-0.25, -0.2) is 4.98 Å². The second-order valence-electron chi connectivity index (χ2n) is 5.34. The zero-order valence-corrected chi connectivity index (χ0v) is 12.6. The molecule has 5 heteroatoms. The lowest BCUT2D eigenvalue weighted by molar-refractivity contribution is -0.00481. The van der Waals surface area contributed by atoms with E-state index in [-0.39, 0.29) is 5.60 Å². The molecule has 0 aliphatic carbocycles. The molecule has 1 unspecified atom stereocenters. The third kappa shape index (κ3) is 3.38. The van der Waals surface area contributed by atoms with Crippen LogP contribution in [-0.4, -0.2) is 37.8 Å². The van der Waals surface area contributed by atoms with E-state index < -0.39 is 0 Å². The maximum Gasteiger partial charge on any atom is 0.129 e. The molecule has 0 bridgehead atoms. The van der Waals surface area contributed by atoms with Crippen LogP contribution in [0.4, 0.5) is 5.82 Å². The molecule has 0 spiro atoms. The molecule has 0 amide bonds. The van der Waals surface area contributed by atoms with Crippen molar-refractivity contribution in [1.29, 1.82) is 0 Å². The summed E-state index contributed by atoms with van der Waals surface area (Å²) in [7, 11) is 3.70. The molecular formula is C14H22ClN3O. The third-order valence-electron chi connectivity index (χ3n) is 3.76. The van der Waals surface area contributed by atoms with Crippen molar-refractivity contribution >= 4 is 17.4 Å². The number of pyridine rings is 1. The Morgan fingerprint density at radius 3 is 3.05 bits per heavy atom.